The van der Waals surface area contributed by atoms with Crippen LogP contribution in [-0.4, -0.2) is 22.4 Å². The van der Waals surface area contributed by atoms with Gasteiger partial charge in [0.25, 0.3) is 0 Å². The predicted octanol–water partition coefficient (Wildman–Crippen LogP) is 3.99. The lowest BCUT2D eigenvalue weighted by molar-refractivity contribution is 0.401. The molecule has 5 heteroatoms. The van der Waals surface area contributed by atoms with Gasteiger partial charge in [0.1, 0.15) is 11.5 Å². The number of phenolic OH excluding ortho intramolecular Hbond substituents is 1. The van der Waals surface area contributed by atoms with Crippen molar-refractivity contribution in [3.8, 4) is 34.1 Å². The van der Waals surface area contributed by atoms with E-state index < -0.39 is 0 Å². The summed E-state index contributed by atoms with van der Waals surface area (Å²) >= 11 is 0. The molecule has 0 unspecified atom stereocenters. The number of methoxy groups -OCH3 is 1. The first-order valence-corrected chi connectivity index (χ1v) is 7.43. The molecule has 0 fully saturated rings. The Morgan fingerprint density at radius 2 is 2.09 bits per heavy atom. The molecule has 0 atom stereocenters. The van der Waals surface area contributed by atoms with Crippen molar-refractivity contribution in [2.45, 2.75) is 20.3 Å². The van der Waals surface area contributed by atoms with Crippen molar-refractivity contribution < 1.29 is 14.4 Å². The molecule has 0 spiro atoms. The number of ether oxygens (including phenoxy) is 1. The molecule has 118 valence electrons. The largest absolute Gasteiger partial charge is 0.507 e. The van der Waals surface area contributed by atoms with Gasteiger partial charge in [0.05, 0.1) is 29.6 Å². The fourth-order valence-electron chi connectivity index (χ4n) is 2.63. The third-order valence-electron chi connectivity index (χ3n) is 3.81. The van der Waals surface area contributed by atoms with Crippen molar-refractivity contribution in [2.24, 2.45) is 0 Å². The summed E-state index contributed by atoms with van der Waals surface area (Å²) in [6, 6.07) is 9.13. The third kappa shape index (κ3) is 2.65. The minimum absolute atomic E-state index is 0.0902. The second-order valence-electron chi connectivity index (χ2n) is 5.22. The second kappa shape index (κ2) is 6.12. The average Bonchev–Trinajstić information content (AvgIpc) is 2.96. The van der Waals surface area contributed by atoms with E-state index in [1.165, 1.54) is 0 Å². The molecule has 1 aromatic carbocycles. The van der Waals surface area contributed by atoms with Crippen molar-refractivity contribution in [1.29, 1.82) is 0 Å². The van der Waals surface area contributed by atoms with Gasteiger partial charge in [-0.15, -0.1) is 0 Å². The van der Waals surface area contributed by atoms with E-state index in [-0.39, 0.29) is 5.75 Å². The smallest absolute Gasteiger partial charge is 0.180 e. The lowest BCUT2D eigenvalue weighted by Gasteiger charge is -2.11. The first kappa shape index (κ1) is 15.1. The van der Waals surface area contributed by atoms with Gasteiger partial charge in [0.15, 0.2) is 5.76 Å². The van der Waals surface area contributed by atoms with Gasteiger partial charge in [-0.1, -0.05) is 18.1 Å². The first-order valence-electron chi connectivity index (χ1n) is 7.43. The molecule has 0 saturated heterocycles. The van der Waals surface area contributed by atoms with Crippen LogP contribution in [0.3, 0.4) is 0 Å². The van der Waals surface area contributed by atoms with E-state index in [0.717, 1.165) is 28.9 Å². The van der Waals surface area contributed by atoms with Crippen LogP contribution < -0.4 is 4.74 Å². The van der Waals surface area contributed by atoms with Gasteiger partial charge in [-0.05, 0) is 37.1 Å². The van der Waals surface area contributed by atoms with Gasteiger partial charge < -0.3 is 14.4 Å². The monoisotopic (exact) mass is 310 g/mol. The van der Waals surface area contributed by atoms with Crippen LogP contribution in [0.15, 0.2) is 41.1 Å². The number of aromatic nitrogens is 2. The number of hydrogen-bond donors (Lipinski definition) is 1. The molecule has 2 heterocycles. The van der Waals surface area contributed by atoms with Crippen LogP contribution in [0.2, 0.25) is 0 Å². The SMILES string of the molecule is CCc1cc(-c2onc(C)c2-c2ccccn2)c(O)cc1OC. The minimum atomic E-state index is 0.0902. The molecule has 23 heavy (non-hydrogen) atoms. The van der Waals surface area contributed by atoms with Crippen molar-refractivity contribution in [3.63, 3.8) is 0 Å². The van der Waals surface area contributed by atoms with Crippen molar-refractivity contribution in [2.75, 3.05) is 7.11 Å². The van der Waals surface area contributed by atoms with E-state index in [1.807, 2.05) is 38.1 Å². The zero-order valence-corrected chi connectivity index (χ0v) is 13.3. The number of phenols is 1. The molecule has 3 aromatic rings. The van der Waals surface area contributed by atoms with Crippen LogP contribution in [0, 0.1) is 6.92 Å². The fraction of sp³-hybridized carbons (Fsp3) is 0.222. The summed E-state index contributed by atoms with van der Waals surface area (Å²) in [4.78, 5) is 4.37. The van der Waals surface area contributed by atoms with Gasteiger partial charge in [-0.2, -0.15) is 0 Å². The Labute approximate surface area is 134 Å². The van der Waals surface area contributed by atoms with Gasteiger partial charge in [0.2, 0.25) is 0 Å². The Balaban J connectivity index is 2.21. The average molecular weight is 310 g/mol. The molecule has 2 aromatic heterocycles. The predicted molar refractivity (Wildman–Crippen MR) is 87.5 cm³/mol. The summed E-state index contributed by atoms with van der Waals surface area (Å²) in [5, 5.41) is 14.4. The highest BCUT2D eigenvalue weighted by atomic mass is 16.5. The third-order valence-corrected chi connectivity index (χ3v) is 3.81. The van der Waals surface area contributed by atoms with Crippen LogP contribution in [0.25, 0.3) is 22.6 Å². The normalized spacial score (nSPS) is 10.7. The van der Waals surface area contributed by atoms with E-state index in [4.69, 9.17) is 9.26 Å². The van der Waals surface area contributed by atoms with E-state index in [0.29, 0.717) is 17.1 Å². The molecule has 0 aliphatic carbocycles. The lowest BCUT2D eigenvalue weighted by atomic mass is 9.99. The molecule has 5 nitrogen and oxygen atoms in total. The summed E-state index contributed by atoms with van der Waals surface area (Å²) < 4.78 is 10.8. The molecule has 0 radical (unpaired) electrons. The maximum Gasteiger partial charge on any atom is 0.180 e. The van der Waals surface area contributed by atoms with E-state index in [2.05, 4.69) is 10.1 Å². The molecular formula is C18H18N2O3. The van der Waals surface area contributed by atoms with Crippen LogP contribution in [-0.2, 0) is 6.42 Å². The molecule has 0 aliphatic rings. The number of nitrogens with zero attached hydrogens (tertiary/aromatic N) is 2. The topological polar surface area (TPSA) is 68.4 Å². The van der Waals surface area contributed by atoms with Gasteiger partial charge in [-0.25, -0.2) is 0 Å². The van der Waals surface area contributed by atoms with Crippen LogP contribution in [0.5, 0.6) is 11.5 Å². The standard InChI is InChI=1S/C18H18N2O3/c1-4-12-9-13(15(21)10-16(12)22-3)18-17(11(2)20-23-18)14-7-5-6-8-19-14/h5-10,21H,4H2,1-3H3. The molecule has 0 aliphatic heterocycles. The highest BCUT2D eigenvalue weighted by Gasteiger charge is 2.21. The molecular weight excluding hydrogens is 292 g/mol. The minimum Gasteiger partial charge on any atom is -0.507 e. The number of aromatic hydroxyl groups is 1. The Morgan fingerprint density at radius 1 is 1.26 bits per heavy atom. The van der Waals surface area contributed by atoms with E-state index in [1.54, 1.807) is 19.4 Å². The zero-order valence-electron chi connectivity index (χ0n) is 13.3. The van der Waals surface area contributed by atoms with Crippen LogP contribution in [0.1, 0.15) is 18.2 Å². The zero-order chi connectivity index (χ0) is 16.4. The lowest BCUT2D eigenvalue weighted by Crippen LogP contribution is -1.93. The maximum absolute atomic E-state index is 10.4. The highest BCUT2D eigenvalue weighted by molar-refractivity contribution is 5.82. The maximum atomic E-state index is 10.4. The Bertz CT molecular complexity index is 826. The first-order chi connectivity index (χ1) is 11.2. The molecule has 1 N–H and O–H groups in total. The number of benzene rings is 1. The Hall–Kier alpha value is -2.82. The summed E-state index contributed by atoms with van der Waals surface area (Å²) in [6.07, 6.45) is 2.50. The highest BCUT2D eigenvalue weighted by Crippen LogP contribution is 2.41. The van der Waals surface area contributed by atoms with E-state index >= 15 is 0 Å². The van der Waals surface area contributed by atoms with Gasteiger partial charge >= 0.3 is 0 Å². The van der Waals surface area contributed by atoms with Crippen LogP contribution in [0.4, 0.5) is 0 Å². The van der Waals surface area contributed by atoms with Gasteiger partial charge in [0, 0.05) is 12.3 Å². The number of rotatable bonds is 4. The summed E-state index contributed by atoms with van der Waals surface area (Å²) in [6.45, 7) is 3.89. The number of aryl methyl sites for hydroxylation is 2. The van der Waals surface area contributed by atoms with Crippen LogP contribution >= 0.6 is 0 Å². The second-order valence-corrected chi connectivity index (χ2v) is 5.22. The summed E-state index contributed by atoms with van der Waals surface area (Å²) in [7, 11) is 1.59. The van der Waals surface area contributed by atoms with Crippen molar-refractivity contribution in [3.05, 3.63) is 47.8 Å². The molecule has 0 bridgehead atoms. The molecule has 3 rings (SSSR count). The van der Waals surface area contributed by atoms with Gasteiger partial charge in [-0.3, -0.25) is 4.98 Å². The quantitative estimate of drug-likeness (QED) is 0.789. The molecule has 0 saturated carbocycles. The summed E-state index contributed by atoms with van der Waals surface area (Å²) in [5.41, 5.74) is 3.85. The fourth-order valence-corrected chi connectivity index (χ4v) is 2.63. The Kier molecular flexibility index (Phi) is 4.02. The molecule has 0 amide bonds. The Morgan fingerprint density at radius 3 is 2.74 bits per heavy atom. The van der Waals surface area contributed by atoms with Crippen molar-refractivity contribution >= 4 is 0 Å². The van der Waals surface area contributed by atoms with E-state index in [9.17, 15) is 5.11 Å². The number of pyridine rings is 1. The number of hydrogen-bond acceptors (Lipinski definition) is 5. The van der Waals surface area contributed by atoms with Crippen molar-refractivity contribution in [1.82, 2.24) is 10.1 Å². The summed E-state index contributed by atoms with van der Waals surface area (Å²) in [5.74, 6) is 1.26.